The van der Waals surface area contributed by atoms with Crippen molar-refractivity contribution in [3.63, 3.8) is 0 Å². The van der Waals surface area contributed by atoms with Crippen LogP contribution in [-0.4, -0.2) is 161 Å². The number of benzene rings is 1. The molecule has 0 spiro atoms. The average molecular weight is 1140 g/mol. The molecule has 0 saturated carbocycles. The lowest BCUT2D eigenvalue weighted by atomic mass is 9.83. The number of carboxylic acid groups (broad SMARTS) is 1. The monoisotopic (exact) mass is 1140 g/mol. The number of rotatable bonds is 30. The summed E-state index contributed by atoms with van der Waals surface area (Å²) in [5.41, 5.74) is 3.13. The van der Waals surface area contributed by atoms with Crippen molar-refractivity contribution in [2.24, 2.45) is 41.4 Å². The molecular formula is C54H86N7O13PS2. The van der Waals surface area contributed by atoms with Gasteiger partial charge in [-0.1, -0.05) is 85.2 Å². The molecule has 2 aliphatic rings. The third-order valence-electron chi connectivity index (χ3n) is 14.7. The molecule has 0 aliphatic carbocycles. The van der Waals surface area contributed by atoms with Gasteiger partial charge in [0.25, 0.3) is 19.3 Å². The topological polar surface area (TPSA) is 265 Å². The van der Waals surface area contributed by atoms with Gasteiger partial charge in [-0.2, -0.15) is 5.20 Å². The van der Waals surface area contributed by atoms with Gasteiger partial charge >= 0.3 is 5.97 Å². The van der Waals surface area contributed by atoms with E-state index in [2.05, 4.69) is 10.6 Å². The van der Waals surface area contributed by atoms with E-state index in [4.69, 9.17) is 20.1 Å². The Hall–Kier alpha value is -4.41. The van der Waals surface area contributed by atoms with E-state index in [9.17, 15) is 48.0 Å². The number of methoxy groups -OCH3 is 2. The summed E-state index contributed by atoms with van der Waals surface area (Å²) in [4.78, 5) is 113. The summed E-state index contributed by atoms with van der Waals surface area (Å²) in [5, 5.41) is 16.1. The summed E-state index contributed by atoms with van der Waals surface area (Å²) in [5.74, 6) is -0.955. The highest BCUT2D eigenvalue weighted by Gasteiger charge is 2.44. The number of hydrogen-bond acceptors (Lipinski definition) is 15. The van der Waals surface area contributed by atoms with Crippen LogP contribution >= 0.6 is 31.0 Å². The number of Topliss-reactive ketones (excluding diaryl/α,β-unsaturated/α-hetero) is 2. The Bertz CT molecular complexity index is 2240. The first-order valence-electron chi connectivity index (χ1n) is 26.5. The molecule has 1 saturated heterocycles. The third kappa shape index (κ3) is 20.0. The van der Waals surface area contributed by atoms with E-state index in [0.717, 1.165) is 5.56 Å². The minimum Gasteiger partial charge on any atom is -0.481 e. The lowest BCUT2D eigenvalue weighted by molar-refractivity contribution is -0.150. The van der Waals surface area contributed by atoms with Crippen LogP contribution in [0.2, 0.25) is 0 Å². The van der Waals surface area contributed by atoms with Gasteiger partial charge in [-0.25, -0.2) is 10.6 Å². The number of nitrogens with one attached hydrogen (secondary N) is 2. The Morgan fingerprint density at radius 1 is 0.883 bits per heavy atom. The zero-order valence-corrected chi connectivity index (χ0v) is 49.5. The van der Waals surface area contributed by atoms with Crippen LogP contribution in [0.25, 0.3) is 0 Å². The molecule has 20 nitrogen and oxygen atoms in total. The summed E-state index contributed by atoms with van der Waals surface area (Å²) >= 11 is 2.64. The number of likely N-dealkylation sites (tertiary alicyclic amines) is 1. The Kier molecular flexibility index (Phi) is 28.9. The molecular weight excluding hydrogens is 1050 g/mol. The van der Waals surface area contributed by atoms with Crippen LogP contribution in [0.4, 0.5) is 0 Å². The van der Waals surface area contributed by atoms with Crippen molar-refractivity contribution in [1.29, 1.82) is 0 Å². The highest BCUT2D eigenvalue weighted by Crippen LogP contribution is 2.43. The van der Waals surface area contributed by atoms with Crippen LogP contribution in [-0.2, 0) is 63.6 Å². The number of hydrazine groups is 2. The second-order valence-corrected chi connectivity index (χ2v) is 25.3. The first-order chi connectivity index (χ1) is 36.4. The van der Waals surface area contributed by atoms with E-state index in [-0.39, 0.29) is 105 Å². The lowest BCUT2D eigenvalue weighted by Crippen LogP contribution is -2.54. The number of amides is 5. The fraction of sp³-hybridized carbons (Fsp3) is 0.667. The van der Waals surface area contributed by atoms with Crippen LogP contribution in [0.5, 0.6) is 0 Å². The normalized spacial score (nSPS) is 21.5. The summed E-state index contributed by atoms with van der Waals surface area (Å²) in [6.07, 6.45) is 2.62. The molecule has 432 valence electrons. The summed E-state index contributed by atoms with van der Waals surface area (Å²) in [6.45, 7) is 13.5. The van der Waals surface area contributed by atoms with Crippen LogP contribution in [0.1, 0.15) is 105 Å². The Morgan fingerprint density at radius 3 is 2.14 bits per heavy atom. The van der Waals surface area contributed by atoms with E-state index in [1.165, 1.54) is 60.2 Å². The van der Waals surface area contributed by atoms with Gasteiger partial charge in [0.1, 0.15) is 5.78 Å². The lowest BCUT2D eigenvalue weighted by Gasteiger charge is -2.41. The number of aliphatic carboxylic acids is 1. The molecule has 10 atom stereocenters. The average Bonchev–Trinajstić information content (AvgIpc) is 3.89. The maximum Gasteiger partial charge on any atom is 0.307 e. The number of nitrogens with two attached hydrogens (primary N) is 1. The largest absolute Gasteiger partial charge is 0.481 e. The van der Waals surface area contributed by atoms with Crippen LogP contribution < -0.4 is 16.5 Å². The smallest absolute Gasteiger partial charge is 0.307 e. The zero-order chi connectivity index (χ0) is 57.6. The number of nitrogens with zero attached hydrogens (tertiary/aromatic N) is 4. The molecule has 0 bridgehead atoms. The number of thioether (sulfide) groups is 2. The molecule has 23 heteroatoms. The summed E-state index contributed by atoms with van der Waals surface area (Å²) in [7, 11) is 2.37. The molecule has 1 aromatic carbocycles. The molecule has 5 amide bonds. The minimum absolute atomic E-state index is 0.0306. The van der Waals surface area contributed by atoms with Gasteiger partial charge in [-0.3, -0.25) is 48.3 Å². The number of carboxylic acids is 1. The highest BCUT2D eigenvalue weighted by molar-refractivity contribution is 8.18. The van der Waals surface area contributed by atoms with Gasteiger partial charge < -0.3 is 34.0 Å². The van der Waals surface area contributed by atoms with Crippen molar-refractivity contribution in [3.05, 3.63) is 58.9 Å². The Morgan fingerprint density at radius 2 is 1.55 bits per heavy atom. The summed E-state index contributed by atoms with van der Waals surface area (Å²) in [6, 6.07) is 7.27. The molecule has 0 aromatic heterocycles. The van der Waals surface area contributed by atoms with Crippen LogP contribution in [0, 0.1) is 35.5 Å². The third-order valence-corrected chi connectivity index (χ3v) is 18.7. The number of carbonyl (C=O) groups is 8. The van der Waals surface area contributed by atoms with Gasteiger partial charge in [0.15, 0.2) is 5.78 Å². The van der Waals surface area contributed by atoms with E-state index in [1.54, 1.807) is 36.2 Å². The first-order valence-corrected chi connectivity index (χ1v) is 30.5. The molecule has 1 aromatic rings. The predicted octanol–water partition coefficient (Wildman–Crippen LogP) is 6.30. The number of hydrogen-bond donors (Lipinski definition) is 4. The Labute approximate surface area is 464 Å². The van der Waals surface area contributed by atoms with Crippen molar-refractivity contribution < 1.29 is 62.2 Å². The van der Waals surface area contributed by atoms with Gasteiger partial charge in [-0.15, -0.1) is 23.5 Å². The fourth-order valence-corrected chi connectivity index (χ4v) is 13.1. The zero-order valence-electron chi connectivity index (χ0n) is 46.9. The van der Waals surface area contributed by atoms with Crippen molar-refractivity contribution >= 4 is 78.0 Å². The molecule has 1 fully saturated rings. The molecule has 0 radical (unpaired) electrons. The second kappa shape index (κ2) is 33.2. The van der Waals surface area contributed by atoms with E-state index >= 15 is 0 Å². The van der Waals surface area contributed by atoms with Crippen molar-refractivity contribution in [2.75, 3.05) is 59.3 Å². The predicted molar refractivity (Wildman–Crippen MR) is 300 cm³/mol. The quantitative estimate of drug-likeness (QED) is 0.0285. The van der Waals surface area contributed by atoms with Gasteiger partial charge in [0.05, 0.1) is 55.7 Å². The molecule has 3 rings (SSSR count). The number of ketones is 2. The minimum atomic E-state index is -3.86. The highest BCUT2D eigenvalue weighted by atomic mass is 32.2. The van der Waals surface area contributed by atoms with Crippen molar-refractivity contribution in [3.8, 4) is 0 Å². The second-order valence-electron chi connectivity index (χ2n) is 20.7. The Balaban J connectivity index is 1.68. The van der Waals surface area contributed by atoms with Gasteiger partial charge in [-0.05, 0) is 59.8 Å². The van der Waals surface area contributed by atoms with Gasteiger partial charge in [0, 0.05) is 89.5 Å². The molecule has 5 N–H and O–H groups in total. The van der Waals surface area contributed by atoms with Crippen molar-refractivity contribution in [1.82, 2.24) is 30.1 Å². The number of carbonyl (C=O) groups excluding carboxylic acids is 7. The van der Waals surface area contributed by atoms with Crippen LogP contribution in [0.3, 0.4) is 0 Å². The van der Waals surface area contributed by atoms with Crippen LogP contribution in [0.15, 0.2) is 53.3 Å². The SMILES string of the molecule is CC[C@H](C)[C@@H]([C@@H](CC(=O)N1CCC[C@H]1[C@H](OC)[C@@H](C)C(=O)C[C@@H](Cc1ccccc1)C(=O)O)OC)N(C)C(=O)[C@@H](CC(=O)[C@H](C(C)C)N(C)C(=O)CCOCCCP1(=O)NNC(=O)/C=C/SCS/C=C/C(=O)N1N)C(C)C. The van der Waals surface area contributed by atoms with Crippen molar-refractivity contribution in [2.45, 2.75) is 137 Å². The number of likely N-dealkylation sites (N-methyl/N-ethyl adjacent to an activating group) is 2. The summed E-state index contributed by atoms with van der Waals surface area (Å²) < 4.78 is 32.1. The standard InChI is InChI=1S/C54H86N7O13PS2/c1-12-37(6)51(45(72-10)33-49(67)60-24-16-20-42(60)52(73-11)38(7)43(62)31-40(54(69)70)30-39-18-14-13-15-19-39)59(9)53(68)41(35(2)3)32-44(63)50(36(4)5)58(8)47(65)21-26-74-25-17-27-75(71)57-56-46(64)22-28-76-34-77-29-23-48(66)61(75)55/h13-15,18-19,22-23,28-29,35-38,40-42,45,50-52H,12,16-17,20-21,24-27,30-34,55H2,1-11H3,(H,56,64)(H,57,71)(H,69,70)/b28-22+,29-23+/t37-,38-,40+,41-,42-,45+,50-,51-,52+,75?/m0/s1. The molecule has 2 heterocycles. The van der Waals surface area contributed by atoms with Gasteiger partial charge in [0.2, 0.25) is 17.7 Å². The molecule has 77 heavy (non-hydrogen) atoms. The molecule has 1 unspecified atom stereocenters. The van der Waals surface area contributed by atoms with E-state index in [0.29, 0.717) is 35.7 Å². The number of ether oxygens (including phenoxy) is 3. The van der Waals surface area contributed by atoms with E-state index in [1.807, 2.05) is 71.9 Å². The molecule has 2 aliphatic heterocycles. The fourth-order valence-electron chi connectivity index (χ4n) is 10.1. The van der Waals surface area contributed by atoms with E-state index < -0.39 is 73.3 Å². The maximum atomic E-state index is 14.7. The maximum absolute atomic E-state index is 14.7. The first kappa shape index (κ1) is 66.9.